The smallest absolute Gasteiger partial charge is 0.261 e. The lowest BCUT2D eigenvalue weighted by Gasteiger charge is -2.35. The number of carbonyl (C=O) groups is 2. The second-order valence-corrected chi connectivity index (χ2v) is 11.7. The van der Waals surface area contributed by atoms with Gasteiger partial charge in [-0.3, -0.25) is 19.2 Å². The normalized spacial score (nSPS) is 14.1. The van der Waals surface area contributed by atoms with E-state index >= 15 is 0 Å². The molecule has 0 radical (unpaired) electrons. The highest BCUT2D eigenvalue weighted by Crippen LogP contribution is 2.30. The van der Waals surface area contributed by atoms with Gasteiger partial charge in [0.15, 0.2) is 0 Å². The molecule has 0 saturated carbocycles. The quantitative estimate of drug-likeness (QED) is 0.416. The molecule has 1 fully saturated rings. The number of piperazine rings is 1. The Kier molecular flexibility index (Phi) is 9.01. The summed E-state index contributed by atoms with van der Waals surface area (Å²) >= 11 is 12.3. The summed E-state index contributed by atoms with van der Waals surface area (Å²) in [7, 11) is -0.635. The van der Waals surface area contributed by atoms with Crippen LogP contribution in [0.2, 0.25) is 10.0 Å². The Morgan fingerprint density at radius 3 is 2.26 bits per heavy atom. The predicted octanol–water partition coefficient (Wildman–Crippen LogP) is 4.43. The molecule has 4 rings (SSSR count). The predicted molar refractivity (Wildman–Crippen MR) is 151 cm³/mol. The minimum Gasteiger partial charge on any atom is -0.456 e. The molecule has 1 saturated heterocycles. The van der Waals surface area contributed by atoms with Crippen molar-refractivity contribution in [3.63, 3.8) is 0 Å². The molecule has 0 unspecified atom stereocenters. The average Bonchev–Trinajstić information content (AvgIpc) is 2.91. The molecule has 39 heavy (non-hydrogen) atoms. The van der Waals surface area contributed by atoms with E-state index in [0.717, 1.165) is 0 Å². The zero-order valence-corrected chi connectivity index (χ0v) is 23.8. The van der Waals surface area contributed by atoms with Crippen molar-refractivity contribution in [2.24, 2.45) is 0 Å². The average molecular weight is 592 g/mol. The Morgan fingerprint density at radius 1 is 0.949 bits per heavy atom. The van der Waals surface area contributed by atoms with Crippen molar-refractivity contribution in [3.05, 3.63) is 82.3 Å². The Hall–Kier alpha value is -3.31. The van der Waals surface area contributed by atoms with E-state index in [0.29, 0.717) is 47.7 Å². The second-order valence-electron chi connectivity index (χ2n) is 9.16. The van der Waals surface area contributed by atoms with Crippen LogP contribution in [-0.2, 0) is 14.8 Å². The highest BCUT2D eigenvalue weighted by molar-refractivity contribution is 7.92. The van der Waals surface area contributed by atoms with Gasteiger partial charge in [-0.05, 0) is 54.6 Å². The van der Waals surface area contributed by atoms with Crippen LogP contribution in [0.5, 0.6) is 11.5 Å². The summed E-state index contributed by atoms with van der Waals surface area (Å²) in [4.78, 5) is 30.5. The maximum absolute atomic E-state index is 13.4. The lowest BCUT2D eigenvalue weighted by atomic mass is 10.1. The zero-order valence-electron chi connectivity index (χ0n) is 21.4. The number of rotatable bonds is 8. The van der Waals surface area contributed by atoms with Gasteiger partial charge in [0, 0.05) is 45.3 Å². The largest absolute Gasteiger partial charge is 0.456 e. The molecule has 12 heteroatoms. The Labute approximate surface area is 237 Å². The van der Waals surface area contributed by atoms with Crippen molar-refractivity contribution in [1.82, 2.24) is 14.7 Å². The van der Waals surface area contributed by atoms with Crippen LogP contribution in [0.4, 0.5) is 5.69 Å². The third kappa shape index (κ3) is 7.21. The van der Waals surface area contributed by atoms with Crippen molar-refractivity contribution < 1.29 is 22.7 Å². The summed E-state index contributed by atoms with van der Waals surface area (Å²) in [6.07, 6.45) is 0. The van der Waals surface area contributed by atoms with Gasteiger partial charge in [-0.1, -0.05) is 35.3 Å². The first-order chi connectivity index (χ1) is 18.5. The number of ether oxygens (including phenoxy) is 1. The number of nitrogens with zero attached hydrogens (tertiary/aromatic N) is 3. The summed E-state index contributed by atoms with van der Waals surface area (Å²) in [5, 5.41) is 0.733. The van der Waals surface area contributed by atoms with E-state index in [1.165, 1.54) is 47.4 Å². The van der Waals surface area contributed by atoms with Crippen LogP contribution in [-0.4, -0.2) is 81.8 Å². The topological polar surface area (TPSA) is 99.3 Å². The monoisotopic (exact) mass is 590 g/mol. The van der Waals surface area contributed by atoms with Crippen LogP contribution in [0, 0.1) is 0 Å². The molecule has 3 aromatic rings. The molecule has 0 spiro atoms. The lowest BCUT2D eigenvalue weighted by molar-refractivity contribution is -0.130. The van der Waals surface area contributed by atoms with Crippen LogP contribution in [0.15, 0.2) is 71.6 Å². The summed E-state index contributed by atoms with van der Waals surface area (Å²) in [5.74, 6) is 0.500. The minimum absolute atomic E-state index is 0.00947. The fraction of sp³-hybridized carbons (Fsp3) is 0.259. The molecule has 0 aromatic heterocycles. The third-order valence-corrected chi connectivity index (χ3v) is 8.10. The summed E-state index contributed by atoms with van der Waals surface area (Å²) in [5.41, 5.74) is 0.258. The minimum atomic E-state index is -4.04. The van der Waals surface area contributed by atoms with E-state index in [-0.39, 0.29) is 34.5 Å². The molecule has 1 aliphatic rings. The van der Waals surface area contributed by atoms with Gasteiger partial charge < -0.3 is 14.5 Å². The van der Waals surface area contributed by atoms with Gasteiger partial charge in [-0.2, -0.15) is 0 Å². The molecule has 0 atom stereocenters. The molecular weight excluding hydrogens is 563 g/mol. The van der Waals surface area contributed by atoms with Gasteiger partial charge >= 0.3 is 0 Å². The fourth-order valence-corrected chi connectivity index (χ4v) is 5.37. The van der Waals surface area contributed by atoms with Crippen LogP contribution >= 0.6 is 23.2 Å². The number of likely N-dealkylation sites (N-methyl/N-ethyl adjacent to an activating group) is 1. The number of anilines is 1. The van der Waals surface area contributed by atoms with Crippen LogP contribution in [0.25, 0.3) is 0 Å². The number of sulfonamides is 1. The van der Waals surface area contributed by atoms with Crippen LogP contribution in [0.1, 0.15) is 10.4 Å². The van der Waals surface area contributed by atoms with Crippen molar-refractivity contribution in [2.75, 3.05) is 51.5 Å². The van der Waals surface area contributed by atoms with Crippen LogP contribution in [0.3, 0.4) is 0 Å². The number of nitrogens with one attached hydrogen (secondary N) is 1. The van der Waals surface area contributed by atoms with Crippen molar-refractivity contribution in [3.8, 4) is 11.5 Å². The molecule has 0 bridgehead atoms. The van der Waals surface area contributed by atoms with Gasteiger partial charge in [0.05, 0.1) is 27.7 Å². The number of amides is 2. The van der Waals surface area contributed by atoms with E-state index in [4.69, 9.17) is 27.9 Å². The number of halogens is 2. The maximum Gasteiger partial charge on any atom is 0.261 e. The summed E-state index contributed by atoms with van der Waals surface area (Å²) < 4.78 is 34.6. The molecule has 0 aliphatic carbocycles. The van der Waals surface area contributed by atoms with E-state index in [1.54, 1.807) is 43.3 Å². The molecule has 1 aliphatic heterocycles. The van der Waals surface area contributed by atoms with Crippen molar-refractivity contribution in [1.29, 1.82) is 0 Å². The Morgan fingerprint density at radius 2 is 1.62 bits per heavy atom. The summed E-state index contributed by atoms with van der Waals surface area (Å²) in [6.45, 7) is 2.11. The number of carbonyl (C=O) groups excluding carboxylic acids is 2. The molecule has 1 N–H and O–H groups in total. The second kappa shape index (κ2) is 12.3. The first kappa shape index (κ1) is 28.7. The Bertz CT molecular complexity index is 1460. The van der Waals surface area contributed by atoms with E-state index < -0.39 is 10.0 Å². The van der Waals surface area contributed by atoms with Gasteiger partial charge in [-0.15, -0.1) is 0 Å². The lowest BCUT2D eigenvalue weighted by Crippen LogP contribution is -2.51. The zero-order chi connectivity index (χ0) is 28.2. The molecule has 9 nitrogen and oxygen atoms in total. The van der Waals surface area contributed by atoms with Gasteiger partial charge in [0.25, 0.3) is 15.9 Å². The highest BCUT2D eigenvalue weighted by Gasteiger charge is 2.27. The standard InChI is InChI=1S/C27H28Cl2N4O5S/c1-31(2)26(34)18-32-13-15-33(16-14-32)27(35)22-17-19(28)7-12-24(22)30-39(36,37)21-10-8-20(9-11-21)38-25-6-4-3-5-23(25)29/h3-12,17,30H,13-16,18H2,1-2H3. The van der Waals surface area contributed by atoms with E-state index in [9.17, 15) is 18.0 Å². The van der Waals surface area contributed by atoms with E-state index in [1.807, 2.05) is 4.90 Å². The van der Waals surface area contributed by atoms with Gasteiger partial charge in [0.1, 0.15) is 11.5 Å². The maximum atomic E-state index is 13.4. The number of hydrogen-bond acceptors (Lipinski definition) is 6. The van der Waals surface area contributed by atoms with Crippen molar-refractivity contribution >= 4 is 50.7 Å². The highest BCUT2D eigenvalue weighted by atomic mass is 35.5. The first-order valence-corrected chi connectivity index (χ1v) is 14.3. The molecule has 3 aromatic carbocycles. The van der Waals surface area contributed by atoms with Crippen LogP contribution < -0.4 is 9.46 Å². The number of benzene rings is 3. The number of hydrogen-bond donors (Lipinski definition) is 1. The molecule has 206 valence electrons. The Balaban J connectivity index is 1.47. The van der Waals surface area contributed by atoms with E-state index in [2.05, 4.69) is 4.72 Å². The van der Waals surface area contributed by atoms with Gasteiger partial charge in [-0.25, -0.2) is 8.42 Å². The molecular formula is C27H28Cl2N4O5S. The van der Waals surface area contributed by atoms with Gasteiger partial charge in [0.2, 0.25) is 5.91 Å². The molecule has 2 amide bonds. The fourth-order valence-electron chi connectivity index (χ4n) is 3.94. The van der Waals surface area contributed by atoms with Crippen molar-refractivity contribution in [2.45, 2.75) is 4.90 Å². The SMILES string of the molecule is CN(C)C(=O)CN1CCN(C(=O)c2cc(Cl)ccc2NS(=O)(=O)c2ccc(Oc3ccccc3Cl)cc2)CC1. The third-order valence-electron chi connectivity index (χ3n) is 6.17. The molecule has 1 heterocycles. The number of para-hydroxylation sites is 1. The first-order valence-electron chi connectivity index (χ1n) is 12.1. The summed E-state index contributed by atoms with van der Waals surface area (Å²) in [6, 6.07) is 17.2.